The molecule has 11 heteroatoms. The summed E-state index contributed by atoms with van der Waals surface area (Å²) in [6.45, 7) is 5.68. The molecule has 0 bridgehead atoms. The Kier molecular flexibility index (Phi) is 7.27. The number of fused-ring (bicyclic) bond motifs is 1. The number of nitriles is 1. The van der Waals surface area contributed by atoms with E-state index in [0.29, 0.717) is 24.5 Å². The average Bonchev–Trinajstić information content (AvgIpc) is 3.30. The second-order valence-electron chi connectivity index (χ2n) is 9.96. The number of rotatable bonds is 9. The molecule has 2 aliphatic rings. The van der Waals surface area contributed by atoms with Gasteiger partial charge in [-0.05, 0) is 42.8 Å². The van der Waals surface area contributed by atoms with Gasteiger partial charge in [-0.1, -0.05) is 6.07 Å². The third-order valence-electron chi connectivity index (χ3n) is 7.35. The molecule has 0 amide bonds. The fourth-order valence-electron chi connectivity index (χ4n) is 4.98. The largest absolute Gasteiger partial charge is 0.478 e. The molecule has 1 aromatic carbocycles. The molecule has 0 saturated carbocycles. The maximum atomic E-state index is 11.6. The second kappa shape index (κ2) is 11.3. The third-order valence-corrected chi connectivity index (χ3v) is 7.35. The number of hydrogen-bond acceptors (Lipinski definition) is 9. The summed E-state index contributed by atoms with van der Waals surface area (Å²) in [4.78, 5) is 30.0. The van der Waals surface area contributed by atoms with Gasteiger partial charge in [-0.25, -0.2) is 9.78 Å². The van der Waals surface area contributed by atoms with E-state index in [4.69, 9.17) is 24.7 Å². The molecule has 6 rings (SSSR count). The number of aromatic nitrogens is 4. The lowest BCUT2D eigenvalue weighted by Crippen LogP contribution is -2.46. The maximum Gasteiger partial charge on any atom is 0.335 e. The Morgan fingerprint density at radius 2 is 1.98 bits per heavy atom. The van der Waals surface area contributed by atoms with Gasteiger partial charge < -0.3 is 24.0 Å². The first-order valence-electron chi connectivity index (χ1n) is 13.3. The van der Waals surface area contributed by atoms with Crippen molar-refractivity contribution < 1.29 is 19.4 Å². The van der Waals surface area contributed by atoms with Gasteiger partial charge in [-0.2, -0.15) is 10.2 Å². The van der Waals surface area contributed by atoms with E-state index in [-0.39, 0.29) is 18.3 Å². The van der Waals surface area contributed by atoms with Crippen LogP contribution in [0.15, 0.2) is 54.7 Å². The van der Waals surface area contributed by atoms with E-state index >= 15 is 0 Å². The lowest BCUT2D eigenvalue weighted by molar-refractivity contribution is -0.0592. The number of anilines is 1. The standard InChI is InChI=1S/C29H29N7O4/c30-15-20-4-6-22(31-16-20)19-40-28-3-1-2-26(33-28)35-11-9-34(10-12-35)18-27-32-24-7-5-21(29(37)38)14-25(24)36(27)17-23-8-13-39-23/h1-7,14,16,23H,8-13,17-19H2,(H,37,38)/t23-/m0/s1. The normalized spacial score (nSPS) is 17.4. The molecule has 3 aromatic heterocycles. The molecule has 40 heavy (non-hydrogen) atoms. The number of carboxylic acid groups (broad SMARTS) is 1. The highest BCUT2D eigenvalue weighted by Gasteiger charge is 2.25. The highest BCUT2D eigenvalue weighted by atomic mass is 16.5. The van der Waals surface area contributed by atoms with Crippen molar-refractivity contribution in [1.82, 2.24) is 24.4 Å². The van der Waals surface area contributed by atoms with Crippen LogP contribution in [-0.2, 0) is 24.4 Å². The Bertz CT molecular complexity index is 1550. The minimum absolute atomic E-state index is 0.134. The molecule has 1 atom stereocenters. The van der Waals surface area contributed by atoms with Crippen LogP contribution in [-0.4, -0.2) is 74.4 Å². The van der Waals surface area contributed by atoms with Crippen molar-refractivity contribution in [3.8, 4) is 11.9 Å². The van der Waals surface area contributed by atoms with Gasteiger partial charge in [0.25, 0.3) is 0 Å². The zero-order valence-corrected chi connectivity index (χ0v) is 21.9. The predicted octanol–water partition coefficient (Wildman–Crippen LogP) is 3.09. The van der Waals surface area contributed by atoms with Gasteiger partial charge in [-0.3, -0.25) is 9.88 Å². The smallest absolute Gasteiger partial charge is 0.335 e. The maximum absolute atomic E-state index is 11.6. The summed E-state index contributed by atoms with van der Waals surface area (Å²) < 4.78 is 13.7. The summed E-state index contributed by atoms with van der Waals surface area (Å²) in [5.74, 6) is 1.37. The first-order chi connectivity index (χ1) is 19.6. The van der Waals surface area contributed by atoms with Crippen LogP contribution in [0.25, 0.3) is 11.0 Å². The SMILES string of the molecule is N#Cc1ccc(COc2cccc(N3CCN(Cc4nc5ccc(C(=O)O)cc5n4C[C@@H]4CCO4)CC3)n2)nc1. The molecule has 0 radical (unpaired) electrons. The molecule has 2 fully saturated rings. The minimum atomic E-state index is -0.943. The third kappa shape index (κ3) is 5.59. The first kappa shape index (κ1) is 25.7. The van der Waals surface area contributed by atoms with Crippen LogP contribution in [0.3, 0.4) is 0 Å². The zero-order valence-electron chi connectivity index (χ0n) is 21.9. The van der Waals surface area contributed by atoms with E-state index in [1.54, 1.807) is 30.3 Å². The molecule has 0 aliphatic carbocycles. The highest BCUT2D eigenvalue weighted by Crippen LogP contribution is 2.24. The van der Waals surface area contributed by atoms with Crippen LogP contribution in [0.2, 0.25) is 0 Å². The molecule has 0 unspecified atom stereocenters. The van der Waals surface area contributed by atoms with Crippen LogP contribution in [0.1, 0.15) is 33.9 Å². The molecule has 2 aliphatic heterocycles. The van der Waals surface area contributed by atoms with Gasteiger partial charge >= 0.3 is 5.97 Å². The Morgan fingerprint density at radius 3 is 2.67 bits per heavy atom. The number of ether oxygens (including phenoxy) is 2. The lowest BCUT2D eigenvalue weighted by atomic mass is 10.1. The number of hydrogen-bond donors (Lipinski definition) is 1. The molecule has 4 aromatic rings. The molecule has 1 N–H and O–H groups in total. The number of benzene rings is 1. The van der Waals surface area contributed by atoms with Crippen molar-refractivity contribution in [2.45, 2.75) is 32.2 Å². The van der Waals surface area contributed by atoms with Crippen molar-refractivity contribution in [1.29, 1.82) is 5.26 Å². The second-order valence-corrected chi connectivity index (χ2v) is 9.96. The van der Waals surface area contributed by atoms with Crippen molar-refractivity contribution in [2.24, 2.45) is 0 Å². The number of carboxylic acids is 1. The Balaban J connectivity index is 1.10. The van der Waals surface area contributed by atoms with Gasteiger partial charge in [0.2, 0.25) is 5.88 Å². The number of pyridine rings is 2. The molecule has 2 saturated heterocycles. The molecule has 11 nitrogen and oxygen atoms in total. The Hall–Kier alpha value is -4.53. The van der Waals surface area contributed by atoms with E-state index in [1.165, 1.54) is 6.20 Å². The molecular weight excluding hydrogens is 510 g/mol. The molecule has 0 spiro atoms. The number of piperazine rings is 1. The number of imidazole rings is 1. The van der Waals surface area contributed by atoms with Gasteiger partial charge in [0, 0.05) is 45.0 Å². The summed E-state index contributed by atoms with van der Waals surface area (Å²) in [6.07, 6.45) is 2.66. The number of nitrogens with zero attached hydrogens (tertiary/aromatic N) is 7. The topological polar surface area (TPSA) is 130 Å². The first-order valence-corrected chi connectivity index (χ1v) is 13.3. The Morgan fingerprint density at radius 1 is 1.12 bits per heavy atom. The summed E-state index contributed by atoms with van der Waals surface area (Å²) in [5, 5.41) is 18.4. The van der Waals surface area contributed by atoms with Gasteiger partial charge in [0.1, 0.15) is 24.3 Å². The molecule has 204 valence electrons. The molecule has 5 heterocycles. The van der Waals surface area contributed by atoms with E-state index in [9.17, 15) is 9.90 Å². The van der Waals surface area contributed by atoms with Crippen molar-refractivity contribution in [3.05, 3.63) is 77.4 Å². The summed E-state index contributed by atoms with van der Waals surface area (Å²) >= 11 is 0. The van der Waals surface area contributed by atoms with Crippen molar-refractivity contribution >= 4 is 22.8 Å². The number of aromatic carboxylic acids is 1. The van der Waals surface area contributed by atoms with E-state index in [2.05, 4.69) is 25.4 Å². The minimum Gasteiger partial charge on any atom is -0.478 e. The fourth-order valence-corrected chi connectivity index (χ4v) is 4.98. The monoisotopic (exact) mass is 539 g/mol. The Labute approximate surface area is 231 Å². The van der Waals surface area contributed by atoms with E-state index < -0.39 is 5.97 Å². The summed E-state index contributed by atoms with van der Waals surface area (Å²) in [6, 6.07) is 16.4. The van der Waals surface area contributed by atoms with Crippen LogP contribution in [0.5, 0.6) is 5.88 Å². The molecular formula is C29H29N7O4. The van der Waals surface area contributed by atoms with Gasteiger partial charge in [0.15, 0.2) is 0 Å². The number of carbonyl (C=O) groups is 1. The quantitative estimate of drug-likeness (QED) is 0.339. The van der Waals surface area contributed by atoms with E-state index in [0.717, 1.165) is 67.6 Å². The van der Waals surface area contributed by atoms with Crippen LogP contribution >= 0.6 is 0 Å². The summed E-state index contributed by atoms with van der Waals surface area (Å²) in [7, 11) is 0. The van der Waals surface area contributed by atoms with Crippen molar-refractivity contribution in [3.63, 3.8) is 0 Å². The van der Waals surface area contributed by atoms with Crippen LogP contribution in [0.4, 0.5) is 5.82 Å². The zero-order chi connectivity index (χ0) is 27.5. The highest BCUT2D eigenvalue weighted by molar-refractivity contribution is 5.92. The van der Waals surface area contributed by atoms with Crippen molar-refractivity contribution in [2.75, 3.05) is 37.7 Å². The van der Waals surface area contributed by atoms with Gasteiger partial charge in [0.05, 0.1) is 47.0 Å². The van der Waals surface area contributed by atoms with E-state index in [1.807, 2.05) is 18.2 Å². The summed E-state index contributed by atoms with van der Waals surface area (Å²) in [5.41, 5.74) is 3.14. The van der Waals surface area contributed by atoms with Crippen LogP contribution in [0, 0.1) is 11.3 Å². The average molecular weight is 540 g/mol. The lowest BCUT2D eigenvalue weighted by Gasteiger charge is -2.35. The fraction of sp³-hybridized carbons (Fsp3) is 0.345. The van der Waals surface area contributed by atoms with Crippen LogP contribution < -0.4 is 9.64 Å². The van der Waals surface area contributed by atoms with Gasteiger partial charge in [-0.15, -0.1) is 0 Å². The predicted molar refractivity (Wildman–Crippen MR) is 146 cm³/mol.